The lowest BCUT2D eigenvalue weighted by atomic mass is 10.2. The van der Waals surface area contributed by atoms with Gasteiger partial charge in [0.2, 0.25) is 0 Å². The number of aliphatic carboxylic acids is 1. The largest absolute Gasteiger partial charge is 0.481 e. The molecule has 0 amide bonds. The van der Waals surface area contributed by atoms with Gasteiger partial charge < -0.3 is 5.11 Å². The summed E-state index contributed by atoms with van der Waals surface area (Å²) in [6, 6.07) is 6.93. The van der Waals surface area contributed by atoms with Crippen molar-refractivity contribution >= 4 is 17.6 Å². The molecule has 18 heavy (non-hydrogen) atoms. The van der Waals surface area contributed by atoms with Gasteiger partial charge in [-0.1, -0.05) is 23.7 Å². The van der Waals surface area contributed by atoms with E-state index in [2.05, 4.69) is 5.10 Å². The molecule has 0 aliphatic carbocycles. The van der Waals surface area contributed by atoms with Crippen LogP contribution in [0.4, 0.5) is 0 Å². The molecule has 0 aliphatic rings. The Morgan fingerprint density at radius 1 is 1.39 bits per heavy atom. The van der Waals surface area contributed by atoms with Gasteiger partial charge in [-0.15, -0.1) is 0 Å². The maximum Gasteiger partial charge on any atom is 0.303 e. The third-order valence-electron chi connectivity index (χ3n) is 2.55. The summed E-state index contributed by atoms with van der Waals surface area (Å²) in [5, 5.41) is 11.8. The van der Waals surface area contributed by atoms with Gasteiger partial charge in [-0.25, -0.2) is 4.68 Å². The summed E-state index contributed by atoms with van der Waals surface area (Å²) in [6.07, 6.45) is 1.63. The molecule has 0 bridgehead atoms. The van der Waals surface area contributed by atoms with E-state index >= 15 is 0 Å². The maximum atomic E-state index is 12.0. The lowest BCUT2D eigenvalue weighted by Crippen LogP contribution is -2.18. The third kappa shape index (κ3) is 2.46. The van der Waals surface area contributed by atoms with Crippen LogP contribution in [0.15, 0.2) is 35.3 Å². The van der Waals surface area contributed by atoms with Crippen LogP contribution in [-0.2, 0) is 11.2 Å². The number of nitrogens with zero attached hydrogens (tertiary/aromatic N) is 1. The van der Waals surface area contributed by atoms with E-state index in [0.717, 1.165) is 0 Å². The normalized spacial score (nSPS) is 10.5. The van der Waals surface area contributed by atoms with Crippen LogP contribution in [0.25, 0.3) is 5.69 Å². The zero-order valence-corrected chi connectivity index (χ0v) is 10.1. The first-order valence-electron chi connectivity index (χ1n) is 5.35. The average Bonchev–Trinajstić information content (AvgIpc) is 2.69. The second-order valence-electron chi connectivity index (χ2n) is 3.78. The SMILES string of the molecule is O=C(O)CCc1c[nH]n(-c2ccccc2Cl)c1=O. The smallest absolute Gasteiger partial charge is 0.303 e. The van der Waals surface area contributed by atoms with Crippen molar-refractivity contribution in [3.05, 3.63) is 51.4 Å². The molecule has 0 aliphatic heterocycles. The molecular formula is C12H11ClN2O3. The fourth-order valence-corrected chi connectivity index (χ4v) is 1.86. The fourth-order valence-electron chi connectivity index (χ4n) is 1.64. The fraction of sp³-hybridized carbons (Fsp3) is 0.167. The Hall–Kier alpha value is -2.01. The number of carbonyl (C=O) groups is 1. The number of nitrogens with one attached hydrogen (secondary N) is 1. The van der Waals surface area contributed by atoms with Crippen molar-refractivity contribution in [1.82, 2.24) is 9.78 Å². The van der Waals surface area contributed by atoms with Crippen molar-refractivity contribution in [2.24, 2.45) is 0 Å². The van der Waals surface area contributed by atoms with Crippen molar-refractivity contribution in [1.29, 1.82) is 0 Å². The number of benzene rings is 1. The van der Waals surface area contributed by atoms with Crippen molar-refractivity contribution in [3.63, 3.8) is 0 Å². The van der Waals surface area contributed by atoms with E-state index in [0.29, 0.717) is 16.3 Å². The molecule has 0 unspecified atom stereocenters. The number of hydrogen-bond acceptors (Lipinski definition) is 2. The second-order valence-corrected chi connectivity index (χ2v) is 4.19. The first-order chi connectivity index (χ1) is 8.59. The Morgan fingerprint density at radius 2 is 2.11 bits per heavy atom. The molecule has 0 fully saturated rings. The number of hydrogen-bond donors (Lipinski definition) is 2. The minimum absolute atomic E-state index is 0.0738. The summed E-state index contributed by atoms with van der Waals surface area (Å²) < 4.78 is 1.31. The molecule has 0 radical (unpaired) electrons. The molecule has 2 aromatic rings. The molecule has 5 nitrogen and oxygen atoms in total. The summed E-state index contributed by atoms with van der Waals surface area (Å²) in [6.45, 7) is 0. The molecule has 2 N–H and O–H groups in total. The Kier molecular flexibility index (Phi) is 3.53. The maximum absolute atomic E-state index is 12.0. The van der Waals surface area contributed by atoms with Crippen LogP contribution in [0.1, 0.15) is 12.0 Å². The van der Waals surface area contributed by atoms with E-state index in [-0.39, 0.29) is 18.4 Å². The number of para-hydroxylation sites is 1. The Bertz CT molecular complexity index is 630. The zero-order chi connectivity index (χ0) is 13.1. The van der Waals surface area contributed by atoms with E-state index in [1.165, 1.54) is 10.9 Å². The van der Waals surface area contributed by atoms with Gasteiger partial charge in [-0.2, -0.15) is 0 Å². The minimum atomic E-state index is -0.931. The van der Waals surface area contributed by atoms with Gasteiger partial charge in [0.1, 0.15) is 0 Å². The van der Waals surface area contributed by atoms with Gasteiger partial charge in [0.05, 0.1) is 10.7 Å². The summed E-state index contributed by atoms with van der Waals surface area (Å²) in [4.78, 5) is 22.5. The highest BCUT2D eigenvalue weighted by Gasteiger charge is 2.11. The minimum Gasteiger partial charge on any atom is -0.481 e. The van der Waals surface area contributed by atoms with Crippen LogP contribution in [-0.4, -0.2) is 20.9 Å². The molecule has 6 heteroatoms. The average molecular weight is 267 g/mol. The van der Waals surface area contributed by atoms with Crippen molar-refractivity contribution in [3.8, 4) is 5.69 Å². The topological polar surface area (TPSA) is 75.1 Å². The number of aromatic nitrogens is 2. The molecule has 1 aromatic heterocycles. The highest BCUT2D eigenvalue weighted by molar-refractivity contribution is 6.32. The van der Waals surface area contributed by atoms with Crippen LogP contribution < -0.4 is 5.56 Å². The lowest BCUT2D eigenvalue weighted by molar-refractivity contribution is -0.136. The van der Waals surface area contributed by atoms with Crippen LogP contribution in [0.2, 0.25) is 5.02 Å². The molecule has 0 saturated heterocycles. The van der Waals surface area contributed by atoms with Crippen molar-refractivity contribution in [2.45, 2.75) is 12.8 Å². The number of halogens is 1. The highest BCUT2D eigenvalue weighted by atomic mass is 35.5. The molecule has 2 rings (SSSR count). The molecule has 94 valence electrons. The van der Waals surface area contributed by atoms with E-state index in [1.54, 1.807) is 24.3 Å². The first kappa shape index (κ1) is 12.4. The third-order valence-corrected chi connectivity index (χ3v) is 2.87. The Labute approximate surface area is 108 Å². The molecular weight excluding hydrogens is 256 g/mol. The molecule has 1 aromatic carbocycles. The van der Waals surface area contributed by atoms with E-state index in [4.69, 9.17) is 16.7 Å². The van der Waals surface area contributed by atoms with Crippen LogP contribution in [0.5, 0.6) is 0 Å². The molecule has 0 saturated carbocycles. The highest BCUT2D eigenvalue weighted by Crippen LogP contribution is 2.17. The standard InChI is InChI=1S/C12H11ClN2O3/c13-9-3-1-2-4-10(9)15-12(18)8(7-14-15)5-6-11(16)17/h1-4,7,14H,5-6H2,(H,16,17). The molecule has 0 atom stereocenters. The van der Waals surface area contributed by atoms with Crippen molar-refractivity contribution in [2.75, 3.05) is 0 Å². The van der Waals surface area contributed by atoms with Gasteiger partial charge >= 0.3 is 5.97 Å². The second kappa shape index (κ2) is 5.10. The lowest BCUT2D eigenvalue weighted by Gasteiger charge is -2.02. The Balaban J connectivity index is 2.34. The van der Waals surface area contributed by atoms with Crippen LogP contribution in [0.3, 0.4) is 0 Å². The number of H-pyrrole nitrogens is 1. The summed E-state index contributed by atoms with van der Waals surface area (Å²) >= 11 is 5.99. The van der Waals surface area contributed by atoms with Gasteiger partial charge in [0.15, 0.2) is 0 Å². The van der Waals surface area contributed by atoms with Gasteiger partial charge in [0, 0.05) is 18.2 Å². The number of aryl methyl sites for hydroxylation is 1. The molecule has 0 spiro atoms. The van der Waals surface area contributed by atoms with Gasteiger partial charge in [0.25, 0.3) is 5.56 Å². The van der Waals surface area contributed by atoms with Gasteiger partial charge in [-0.3, -0.25) is 14.7 Å². The quantitative estimate of drug-likeness (QED) is 0.887. The summed E-state index contributed by atoms with van der Waals surface area (Å²) in [7, 11) is 0. The van der Waals surface area contributed by atoms with Crippen LogP contribution >= 0.6 is 11.6 Å². The Morgan fingerprint density at radius 3 is 2.78 bits per heavy atom. The predicted octanol–water partition coefficient (Wildman–Crippen LogP) is 1.84. The van der Waals surface area contributed by atoms with E-state index in [9.17, 15) is 9.59 Å². The monoisotopic (exact) mass is 266 g/mol. The van der Waals surface area contributed by atoms with E-state index < -0.39 is 5.97 Å². The first-order valence-corrected chi connectivity index (χ1v) is 5.73. The predicted molar refractivity (Wildman–Crippen MR) is 67.4 cm³/mol. The number of aromatic amines is 1. The molecule has 1 heterocycles. The summed E-state index contributed by atoms with van der Waals surface area (Å²) in [5.41, 5.74) is 0.701. The number of rotatable bonds is 4. The van der Waals surface area contributed by atoms with Crippen LogP contribution in [0, 0.1) is 0 Å². The number of carboxylic acid groups (broad SMARTS) is 1. The van der Waals surface area contributed by atoms with E-state index in [1.807, 2.05) is 0 Å². The zero-order valence-electron chi connectivity index (χ0n) is 9.39. The summed E-state index contributed by atoms with van der Waals surface area (Å²) in [5.74, 6) is -0.931. The van der Waals surface area contributed by atoms with Crippen molar-refractivity contribution < 1.29 is 9.90 Å². The van der Waals surface area contributed by atoms with Gasteiger partial charge in [-0.05, 0) is 18.6 Å². The number of carboxylic acids is 1.